The number of aliphatic hydroxyl groups is 1. The Bertz CT molecular complexity index is 877. The molecule has 2 unspecified atom stereocenters. The molecule has 4 fully saturated rings. The molecule has 0 spiro atoms. The monoisotopic (exact) mass is 453 g/mol. The van der Waals surface area contributed by atoms with Crippen LogP contribution in [-0.2, 0) is 11.3 Å². The first-order valence-electron chi connectivity index (χ1n) is 13.6. The lowest BCUT2D eigenvalue weighted by molar-refractivity contribution is -0.129. The van der Waals surface area contributed by atoms with Gasteiger partial charge in [0.15, 0.2) is 0 Å². The van der Waals surface area contributed by atoms with E-state index in [4.69, 9.17) is 4.74 Å². The molecule has 5 heteroatoms. The smallest absolute Gasteiger partial charge is 0.138 e. The Morgan fingerprint density at radius 2 is 2.00 bits per heavy atom. The van der Waals surface area contributed by atoms with Gasteiger partial charge in [-0.05, 0) is 118 Å². The maximum absolute atomic E-state index is 11.1. The van der Waals surface area contributed by atoms with Gasteiger partial charge in [-0.15, -0.1) is 0 Å². The Labute approximate surface area is 199 Å². The van der Waals surface area contributed by atoms with Gasteiger partial charge in [-0.3, -0.25) is 4.68 Å². The minimum atomic E-state index is -0.587. The number of fused-ring (bicyclic) bond motifs is 5. The number of rotatable bonds is 6. The Morgan fingerprint density at radius 3 is 2.79 bits per heavy atom. The summed E-state index contributed by atoms with van der Waals surface area (Å²) in [6.45, 7) is 9.09. The zero-order chi connectivity index (χ0) is 23.2. The summed E-state index contributed by atoms with van der Waals surface area (Å²) >= 11 is 0. The van der Waals surface area contributed by atoms with E-state index in [9.17, 15) is 10.4 Å². The molecule has 0 amide bonds. The zero-order valence-electron chi connectivity index (χ0n) is 20.9. The Morgan fingerprint density at radius 1 is 1.18 bits per heavy atom. The van der Waals surface area contributed by atoms with Gasteiger partial charge in [0.05, 0.1) is 18.4 Å². The molecule has 0 aliphatic heterocycles. The molecule has 4 saturated carbocycles. The van der Waals surface area contributed by atoms with Crippen molar-refractivity contribution in [1.82, 2.24) is 9.78 Å². The van der Waals surface area contributed by atoms with Crippen LogP contribution in [0.25, 0.3) is 0 Å². The van der Waals surface area contributed by atoms with Crippen LogP contribution in [-0.4, -0.2) is 33.7 Å². The molecule has 0 bridgehead atoms. The van der Waals surface area contributed by atoms with Crippen LogP contribution >= 0.6 is 0 Å². The maximum atomic E-state index is 11.1. The standard InChI is InChI=1S/C28H43N3O2/c1-4-33-18-28(32)13-10-22-20(15-28)5-6-24-23(22)9-12-27(3)25(7-8-26(24)27)19(2)17-31-21(16-29)11-14-30-31/h11,14,19-20,22-26,32H,4-10,12-13,15,17-18H2,1-3H3/t19-,20?,22?,23-,24-,25-,26+,27-,28-/m1/s1. The summed E-state index contributed by atoms with van der Waals surface area (Å²) in [4.78, 5) is 0. The van der Waals surface area contributed by atoms with Crippen molar-refractivity contribution >= 4 is 0 Å². The normalized spacial score (nSPS) is 43.2. The fourth-order valence-corrected chi connectivity index (χ4v) is 9.33. The van der Waals surface area contributed by atoms with Crippen molar-refractivity contribution in [1.29, 1.82) is 5.26 Å². The molecule has 1 N–H and O–H groups in total. The minimum absolute atomic E-state index is 0.428. The molecular weight excluding hydrogens is 410 g/mol. The van der Waals surface area contributed by atoms with E-state index >= 15 is 0 Å². The van der Waals surface area contributed by atoms with Crippen molar-refractivity contribution in [3.05, 3.63) is 18.0 Å². The van der Waals surface area contributed by atoms with Crippen LogP contribution in [0.1, 0.15) is 84.3 Å². The van der Waals surface area contributed by atoms with Gasteiger partial charge in [0.25, 0.3) is 0 Å². The molecule has 4 aliphatic carbocycles. The summed E-state index contributed by atoms with van der Waals surface area (Å²) in [5.41, 5.74) is 0.526. The number of nitriles is 1. The van der Waals surface area contributed by atoms with Crippen molar-refractivity contribution in [2.45, 2.75) is 90.7 Å². The Hall–Kier alpha value is -1.38. The lowest BCUT2D eigenvalue weighted by atomic mass is 9.48. The summed E-state index contributed by atoms with van der Waals surface area (Å²) in [5, 5.41) is 24.9. The van der Waals surface area contributed by atoms with E-state index < -0.39 is 5.60 Å². The highest BCUT2D eigenvalue weighted by Crippen LogP contribution is 2.65. The highest BCUT2D eigenvalue weighted by Gasteiger charge is 2.58. The van der Waals surface area contributed by atoms with Gasteiger partial charge in [0.2, 0.25) is 0 Å². The van der Waals surface area contributed by atoms with E-state index in [1.807, 2.05) is 17.7 Å². The average Bonchev–Trinajstić information content (AvgIpc) is 3.40. The van der Waals surface area contributed by atoms with Crippen molar-refractivity contribution in [2.75, 3.05) is 13.2 Å². The van der Waals surface area contributed by atoms with E-state index in [-0.39, 0.29) is 0 Å². The largest absolute Gasteiger partial charge is 0.387 e. The minimum Gasteiger partial charge on any atom is -0.387 e. The summed E-state index contributed by atoms with van der Waals surface area (Å²) in [7, 11) is 0. The van der Waals surface area contributed by atoms with Gasteiger partial charge >= 0.3 is 0 Å². The molecule has 5 rings (SSSR count). The number of nitrogens with zero attached hydrogens (tertiary/aromatic N) is 3. The fraction of sp³-hybridized carbons (Fsp3) is 0.857. The topological polar surface area (TPSA) is 71.1 Å². The molecule has 0 aromatic carbocycles. The summed E-state index contributed by atoms with van der Waals surface area (Å²) in [5.74, 6) is 5.36. The predicted octanol–water partition coefficient (Wildman–Crippen LogP) is 5.43. The Balaban J connectivity index is 1.27. The molecule has 182 valence electrons. The molecule has 1 aromatic rings. The van der Waals surface area contributed by atoms with Crippen molar-refractivity contribution < 1.29 is 9.84 Å². The third kappa shape index (κ3) is 4.06. The second-order valence-electron chi connectivity index (χ2n) is 12.3. The first-order valence-corrected chi connectivity index (χ1v) is 13.6. The van der Waals surface area contributed by atoms with Crippen LogP contribution in [0.15, 0.2) is 12.3 Å². The maximum Gasteiger partial charge on any atom is 0.138 e. The van der Waals surface area contributed by atoms with Crippen LogP contribution in [0.2, 0.25) is 0 Å². The molecule has 1 heterocycles. The van der Waals surface area contributed by atoms with Crippen molar-refractivity contribution in [3.63, 3.8) is 0 Å². The molecule has 33 heavy (non-hydrogen) atoms. The van der Waals surface area contributed by atoms with E-state index in [0.29, 0.717) is 36.2 Å². The highest BCUT2D eigenvalue weighted by molar-refractivity contribution is 5.18. The zero-order valence-corrected chi connectivity index (χ0v) is 20.9. The summed E-state index contributed by atoms with van der Waals surface area (Å²) < 4.78 is 7.56. The first-order chi connectivity index (χ1) is 15.9. The van der Waals surface area contributed by atoms with E-state index in [2.05, 4.69) is 25.0 Å². The second kappa shape index (κ2) is 9.00. The van der Waals surface area contributed by atoms with Crippen LogP contribution in [0, 0.1) is 58.2 Å². The van der Waals surface area contributed by atoms with Crippen LogP contribution in [0.5, 0.6) is 0 Å². The number of hydrogen-bond acceptors (Lipinski definition) is 4. The third-order valence-corrected chi connectivity index (χ3v) is 10.7. The molecule has 4 aliphatic rings. The first kappa shape index (κ1) is 23.4. The second-order valence-corrected chi connectivity index (χ2v) is 12.3. The Kier molecular flexibility index (Phi) is 6.38. The van der Waals surface area contributed by atoms with Crippen molar-refractivity contribution in [2.24, 2.45) is 46.8 Å². The number of hydrogen-bond donors (Lipinski definition) is 1. The van der Waals surface area contributed by atoms with Gasteiger partial charge < -0.3 is 9.84 Å². The molecule has 5 nitrogen and oxygen atoms in total. The molecule has 0 radical (unpaired) electrons. The average molecular weight is 454 g/mol. The van der Waals surface area contributed by atoms with E-state index in [0.717, 1.165) is 49.0 Å². The molecular formula is C28H43N3O2. The van der Waals surface area contributed by atoms with E-state index in [1.165, 1.54) is 44.9 Å². The lowest BCUT2D eigenvalue weighted by Crippen LogP contribution is -2.52. The highest BCUT2D eigenvalue weighted by atomic mass is 16.5. The van der Waals surface area contributed by atoms with Crippen molar-refractivity contribution in [3.8, 4) is 6.07 Å². The van der Waals surface area contributed by atoms with Crippen LogP contribution in [0.4, 0.5) is 0 Å². The summed E-state index contributed by atoms with van der Waals surface area (Å²) in [6, 6.07) is 4.12. The lowest BCUT2D eigenvalue weighted by Gasteiger charge is -2.57. The fourth-order valence-electron chi connectivity index (χ4n) is 9.33. The van der Waals surface area contributed by atoms with Gasteiger partial charge in [-0.25, -0.2) is 0 Å². The van der Waals surface area contributed by atoms with Gasteiger partial charge in [-0.2, -0.15) is 10.4 Å². The molecule has 0 saturated heterocycles. The number of aromatic nitrogens is 2. The van der Waals surface area contributed by atoms with E-state index in [1.54, 1.807) is 6.20 Å². The van der Waals surface area contributed by atoms with Crippen LogP contribution in [0.3, 0.4) is 0 Å². The predicted molar refractivity (Wildman–Crippen MR) is 128 cm³/mol. The molecule has 1 aromatic heterocycles. The van der Waals surface area contributed by atoms with Crippen LogP contribution < -0.4 is 0 Å². The third-order valence-electron chi connectivity index (χ3n) is 10.7. The van der Waals surface area contributed by atoms with Gasteiger partial charge in [-0.1, -0.05) is 13.8 Å². The van der Waals surface area contributed by atoms with Gasteiger partial charge in [0.1, 0.15) is 11.8 Å². The SMILES string of the molecule is CCOC[C@@]1(O)CCC2C(CC[C@@H]3[C@@H]2CC[C@]2(C)[C@@H]([C@H](C)Cn4nccc4C#N)CC[C@@H]32)C1. The molecule has 9 atom stereocenters. The summed E-state index contributed by atoms with van der Waals surface area (Å²) in [6.07, 6.45) is 12.9. The quantitative estimate of drug-likeness (QED) is 0.624. The number of ether oxygens (including phenoxy) is 1. The van der Waals surface area contributed by atoms with Gasteiger partial charge in [0, 0.05) is 13.2 Å².